The van der Waals surface area contributed by atoms with Gasteiger partial charge in [0.1, 0.15) is 5.01 Å². The largest absolute Gasteiger partial charge is 0.340 e. The molecule has 1 saturated heterocycles. The fraction of sp³-hybridized carbons (Fsp3) is 0.444. The van der Waals surface area contributed by atoms with Gasteiger partial charge in [0.15, 0.2) is 0 Å². The summed E-state index contributed by atoms with van der Waals surface area (Å²) < 4.78 is 0. The molecule has 1 aliphatic rings. The molecule has 3 rings (SSSR count). The number of nitrogens with zero attached hydrogens (tertiary/aromatic N) is 3. The SMILES string of the molecule is Cc1ccc(-c2nc(C)c(CC(=O)N3CCN(C)CC3)s2)cc1. The maximum Gasteiger partial charge on any atom is 0.227 e. The normalized spacial score (nSPS) is 15.9. The predicted molar refractivity (Wildman–Crippen MR) is 94.8 cm³/mol. The van der Waals surface area contributed by atoms with E-state index in [4.69, 9.17) is 0 Å². The van der Waals surface area contributed by atoms with E-state index in [2.05, 4.69) is 48.1 Å². The Hall–Kier alpha value is -1.72. The average Bonchev–Trinajstić information content (AvgIpc) is 2.89. The topological polar surface area (TPSA) is 36.4 Å². The number of rotatable bonds is 3. The summed E-state index contributed by atoms with van der Waals surface area (Å²) in [6, 6.07) is 8.39. The number of thiazole rings is 1. The first-order chi connectivity index (χ1) is 11.0. The van der Waals surface area contributed by atoms with Crippen molar-refractivity contribution in [3.8, 4) is 10.6 Å². The van der Waals surface area contributed by atoms with Crippen molar-refractivity contribution in [2.45, 2.75) is 20.3 Å². The number of hydrogen-bond acceptors (Lipinski definition) is 4. The molecule has 1 fully saturated rings. The van der Waals surface area contributed by atoms with E-state index in [-0.39, 0.29) is 5.91 Å². The minimum absolute atomic E-state index is 0.223. The van der Waals surface area contributed by atoms with Crippen LogP contribution in [-0.4, -0.2) is 53.9 Å². The van der Waals surface area contributed by atoms with Crippen molar-refractivity contribution in [3.63, 3.8) is 0 Å². The van der Waals surface area contributed by atoms with E-state index in [0.29, 0.717) is 6.42 Å². The summed E-state index contributed by atoms with van der Waals surface area (Å²) in [5.74, 6) is 0.223. The standard InChI is InChI=1S/C18H23N3OS/c1-13-4-6-15(7-5-13)18-19-14(2)16(23-18)12-17(22)21-10-8-20(3)9-11-21/h4-7H,8-12H2,1-3H3. The fourth-order valence-electron chi connectivity index (χ4n) is 2.72. The van der Waals surface area contributed by atoms with E-state index in [9.17, 15) is 4.79 Å². The van der Waals surface area contributed by atoms with Crippen molar-refractivity contribution in [2.75, 3.05) is 33.2 Å². The summed E-state index contributed by atoms with van der Waals surface area (Å²) in [6.45, 7) is 7.66. The van der Waals surface area contributed by atoms with Crippen molar-refractivity contribution in [3.05, 3.63) is 40.4 Å². The van der Waals surface area contributed by atoms with E-state index in [1.54, 1.807) is 11.3 Å². The second-order valence-electron chi connectivity index (χ2n) is 6.25. The van der Waals surface area contributed by atoms with Gasteiger partial charge in [-0.3, -0.25) is 4.79 Å². The highest BCUT2D eigenvalue weighted by Gasteiger charge is 2.21. The van der Waals surface area contributed by atoms with E-state index in [1.165, 1.54) is 5.56 Å². The lowest BCUT2D eigenvalue weighted by Crippen LogP contribution is -2.47. The zero-order valence-corrected chi connectivity index (χ0v) is 14.8. The summed E-state index contributed by atoms with van der Waals surface area (Å²) in [4.78, 5) is 22.5. The quantitative estimate of drug-likeness (QED) is 0.869. The molecule has 0 bridgehead atoms. The van der Waals surface area contributed by atoms with Crippen LogP contribution in [0.25, 0.3) is 10.6 Å². The number of piperazine rings is 1. The van der Waals surface area contributed by atoms with Crippen LogP contribution in [0.3, 0.4) is 0 Å². The number of aromatic nitrogens is 1. The van der Waals surface area contributed by atoms with Crippen LogP contribution in [0.15, 0.2) is 24.3 Å². The zero-order valence-electron chi connectivity index (χ0n) is 14.0. The number of benzene rings is 1. The van der Waals surface area contributed by atoms with Gasteiger partial charge in [-0.05, 0) is 20.9 Å². The van der Waals surface area contributed by atoms with E-state index in [1.807, 2.05) is 11.8 Å². The molecule has 2 aromatic rings. The van der Waals surface area contributed by atoms with Gasteiger partial charge in [0, 0.05) is 36.6 Å². The molecule has 5 heteroatoms. The van der Waals surface area contributed by atoms with Gasteiger partial charge in [-0.2, -0.15) is 0 Å². The number of hydrogen-bond donors (Lipinski definition) is 0. The van der Waals surface area contributed by atoms with Crippen LogP contribution < -0.4 is 0 Å². The number of amides is 1. The molecule has 0 atom stereocenters. The third kappa shape index (κ3) is 3.79. The van der Waals surface area contributed by atoms with Crippen LogP contribution in [0.1, 0.15) is 16.1 Å². The van der Waals surface area contributed by atoms with Gasteiger partial charge in [-0.15, -0.1) is 11.3 Å². The van der Waals surface area contributed by atoms with Crippen LogP contribution in [-0.2, 0) is 11.2 Å². The summed E-state index contributed by atoms with van der Waals surface area (Å²) in [5.41, 5.74) is 3.35. The van der Waals surface area contributed by atoms with Crippen molar-refractivity contribution in [1.29, 1.82) is 0 Å². The molecule has 2 heterocycles. The van der Waals surface area contributed by atoms with Gasteiger partial charge in [0.2, 0.25) is 5.91 Å². The zero-order chi connectivity index (χ0) is 16.4. The molecule has 0 aliphatic carbocycles. The second kappa shape index (κ2) is 6.81. The third-order valence-electron chi connectivity index (χ3n) is 4.36. The minimum atomic E-state index is 0.223. The fourth-order valence-corrected chi connectivity index (χ4v) is 3.78. The first kappa shape index (κ1) is 16.1. The average molecular weight is 329 g/mol. The van der Waals surface area contributed by atoms with Crippen molar-refractivity contribution in [2.24, 2.45) is 0 Å². The predicted octanol–water partition coefficient (Wildman–Crippen LogP) is 2.74. The maximum absolute atomic E-state index is 12.5. The summed E-state index contributed by atoms with van der Waals surface area (Å²) in [7, 11) is 2.10. The second-order valence-corrected chi connectivity index (χ2v) is 7.34. The van der Waals surface area contributed by atoms with Gasteiger partial charge < -0.3 is 9.80 Å². The highest BCUT2D eigenvalue weighted by molar-refractivity contribution is 7.15. The van der Waals surface area contributed by atoms with Crippen LogP contribution >= 0.6 is 11.3 Å². The Balaban J connectivity index is 1.71. The van der Waals surface area contributed by atoms with Gasteiger partial charge in [0.25, 0.3) is 0 Å². The lowest BCUT2D eigenvalue weighted by atomic mass is 10.2. The Labute approximate surface area is 141 Å². The van der Waals surface area contributed by atoms with Crippen molar-refractivity contribution >= 4 is 17.2 Å². The minimum Gasteiger partial charge on any atom is -0.340 e. The summed E-state index contributed by atoms with van der Waals surface area (Å²) >= 11 is 1.64. The van der Waals surface area contributed by atoms with E-state index < -0.39 is 0 Å². The molecule has 122 valence electrons. The number of likely N-dealkylation sites (N-methyl/N-ethyl adjacent to an activating group) is 1. The van der Waals surface area contributed by atoms with Crippen molar-refractivity contribution in [1.82, 2.24) is 14.8 Å². The molecule has 0 N–H and O–H groups in total. The van der Waals surface area contributed by atoms with Gasteiger partial charge in [0.05, 0.1) is 12.1 Å². The lowest BCUT2D eigenvalue weighted by Gasteiger charge is -2.32. The third-order valence-corrected chi connectivity index (χ3v) is 5.57. The molecule has 1 aromatic heterocycles. The summed E-state index contributed by atoms with van der Waals surface area (Å²) in [6.07, 6.45) is 0.471. The molecule has 1 amide bonds. The molecule has 1 aromatic carbocycles. The van der Waals surface area contributed by atoms with Gasteiger partial charge in [-0.1, -0.05) is 29.8 Å². The number of aryl methyl sites for hydroxylation is 2. The Bertz CT molecular complexity index is 685. The molecule has 0 radical (unpaired) electrons. The lowest BCUT2D eigenvalue weighted by molar-refractivity contribution is -0.131. The maximum atomic E-state index is 12.5. The van der Waals surface area contributed by atoms with Crippen LogP contribution in [0.4, 0.5) is 0 Å². The van der Waals surface area contributed by atoms with Gasteiger partial charge >= 0.3 is 0 Å². The van der Waals surface area contributed by atoms with Crippen molar-refractivity contribution < 1.29 is 4.79 Å². The highest BCUT2D eigenvalue weighted by atomic mass is 32.1. The molecule has 0 saturated carbocycles. The Kier molecular flexibility index (Phi) is 4.78. The van der Waals surface area contributed by atoms with Crippen LogP contribution in [0.2, 0.25) is 0 Å². The first-order valence-electron chi connectivity index (χ1n) is 8.02. The Morgan fingerprint density at radius 1 is 1.13 bits per heavy atom. The van der Waals surface area contributed by atoms with Gasteiger partial charge in [-0.25, -0.2) is 4.98 Å². The highest BCUT2D eigenvalue weighted by Crippen LogP contribution is 2.28. The van der Waals surface area contributed by atoms with E-state index in [0.717, 1.165) is 47.3 Å². The Morgan fingerprint density at radius 3 is 2.43 bits per heavy atom. The smallest absolute Gasteiger partial charge is 0.227 e. The molecule has 0 spiro atoms. The van der Waals surface area contributed by atoms with Crippen LogP contribution in [0, 0.1) is 13.8 Å². The van der Waals surface area contributed by atoms with Crippen LogP contribution in [0.5, 0.6) is 0 Å². The molecule has 23 heavy (non-hydrogen) atoms. The molecular weight excluding hydrogens is 306 g/mol. The number of carbonyl (C=O) groups is 1. The molecular formula is C18H23N3OS. The summed E-state index contributed by atoms with van der Waals surface area (Å²) in [5, 5.41) is 1.00. The monoisotopic (exact) mass is 329 g/mol. The number of carbonyl (C=O) groups excluding carboxylic acids is 1. The molecule has 1 aliphatic heterocycles. The van der Waals surface area contributed by atoms with E-state index >= 15 is 0 Å². The Morgan fingerprint density at radius 2 is 1.78 bits per heavy atom. The molecule has 0 unspecified atom stereocenters. The first-order valence-corrected chi connectivity index (χ1v) is 8.84. The molecule has 4 nitrogen and oxygen atoms in total.